The van der Waals surface area contributed by atoms with E-state index in [1.807, 2.05) is 0 Å². The summed E-state index contributed by atoms with van der Waals surface area (Å²) in [6.07, 6.45) is 2.01. The molecule has 0 unspecified atom stereocenters. The van der Waals surface area contributed by atoms with Crippen LogP contribution in [0.3, 0.4) is 0 Å². The van der Waals surface area contributed by atoms with E-state index in [0.29, 0.717) is 13.0 Å². The molecule has 1 fully saturated rings. The summed E-state index contributed by atoms with van der Waals surface area (Å²) < 4.78 is 4.66. The predicted octanol–water partition coefficient (Wildman–Crippen LogP) is -0.666. The van der Waals surface area contributed by atoms with Crippen molar-refractivity contribution in [1.82, 2.24) is 10.2 Å². The number of nitrogens with zero attached hydrogens (tertiary/aromatic N) is 1. The maximum absolute atomic E-state index is 11.7. The van der Waals surface area contributed by atoms with E-state index in [4.69, 9.17) is 5.73 Å². The summed E-state index contributed by atoms with van der Waals surface area (Å²) in [6.45, 7) is 1.86. The van der Waals surface area contributed by atoms with Crippen molar-refractivity contribution < 1.29 is 19.1 Å². The monoisotopic (exact) mass is 241 g/mol. The Morgan fingerprint density at radius 1 is 1.53 bits per heavy atom. The van der Waals surface area contributed by atoms with Gasteiger partial charge in [-0.25, -0.2) is 9.69 Å². The SMILES string of the molecule is CCOC(=O)CN1C(=O)NC(=CCCN)C1=O. The van der Waals surface area contributed by atoms with Gasteiger partial charge in [-0.1, -0.05) is 6.08 Å². The van der Waals surface area contributed by atoms with E-state index in [1.165, 1.54) is 6.08 Å². The van der Waals surface area contributed by atoms with Gasteiger partial charge < -0.3 is 15.8 Å². The average molecular weight is 241 g/mol. The topological polar surface area (TPSA) is 102 Å². The molecule has 3 N–H and O–H groups in total. The fourth-order valence-electron chi connectivity index (χ4n) is 1.32. The summed E-state index contributed by atoms with van der Waals surface area (Å²) in [4.78, 5) is 35.1. The van der Waals surface area contributed by atoms with Crippen LogP contribution in [0.25, 0.3) is 0 Å². The Kier molecular flexibility index (Phi) is 4.65. The number of ether oxygens (including phenoxy) is 1. The van der Waals surface area contributed by atoms with Crippen molar-refractivity contribution in [2.24, 2.45) is 5.73 Å². The Morgan fingerprint density at radius 3 is 2.82 bits per heavy atom. The highest BCUT2D eigenvalue weighted by Gasteiger charge is 2.34. The molecule has 1 saturated heterocycles. The molecule has 1 aliphatic heterocycles. The second kappa shape index (κ2) is 6.00. The third-order valence-corrected chi connectivity index (χ3v) is 2.07. The average Bonchev–Trinajstić information content (AvgIpc) is 2.54. The molecule has 0 aromatic carbocycles. The van der Waals surface area contributed by atoms with E-state index in [2.05, 4.69) is 10.1 Å². The van der Waals surface area contributed by atoms with Crippen LogP contribution in [0.15, 0.2) is 11.8 Å². The van der Waals surface area contributed by atoms with Gasteiger partial charge in [0.1, 0.15) is 12.2 Å². The third kappa shape index (κ3) is 3.28. The van der Waals surface area contributed by atoms with Crippen molar-refractivity contribution in [2.45, 2.75) is 13.3 Å². The number of carbonyl (C=O) groups excluding carboxylic acids is 3. The number of esters is 1. The van der Waals surface area contributed by atoms with Crippen LogP contribution in [0.5, 0.6) is 0 Å². The summed E-state index contributed by atoms with van der Waals surface area (Å²) >= 11 is 0. The molecular formula is C10H15N3O4. The fraction of sp³-hybridized carbons (Fsp3) is 0.500. The minimum Gasteiger partial charge on any atom is -0.465 e. The highest BCUT2D eigenvalue weighted by molar-refractivity contribution is 6.12. The number of urea groups is 1. The lowest BCUT2D eigenvalue weighted by atomic mass is 10.3. The Morgan fingerprint density at radius 2 is 2.24 bits per heavy atom. The van der Waals surface area contributed by atoms with Gasteiger partial charge in [-0.3, -0.25) is 9.59 Å². The van der Waals surface area contributed by atoms with E-state index in [1.54, 1.807) is 6.92 Å². The maximum Gasteiger partial charge on any atom is 0.329 e. The van der Waals surface area contributed by atoms with Gasteiger partial charge in [-0.2, -0.15) is 0 Å². The van der Waals surface area contributed by atoms with Crippen molar-refractivity contribution in [3.05, 3.63) is 11.8 Å². The number of nitrogens with two attached hydrogens (primary N) is 1. The van der Waals surface area contributed by atoms with Crippen LogP contribution < -0.4 is 11.1 Å². The van der Waals surface area contributed by atoms with Gasteiger partial charge in [0, 0.05) is 0 Å². The lowest BCUT2D eigenvalue weighted by molar-refractivity contribution is -0.146. The summed E-state index contributed by atoms with van der Waals surface area (Å²) in [7, 11) is 0. The van der Waals surface area contributed by atoms with E-state index in [0.717, 1.165) is 4.90 Å². The molecule has 0 bridgehead atoms. The minimum atomic E-state index is -0.619. The van der Waals surface area contributed by atoms with Gasteiger partial charge in [-0.15, -0.1) is 0 Å². The zero-order valence-corrected chi connectivity index (χ0v) is 9.56. The predicted molar refractivity (Wildman–Crippen MR) is 58.6 cm³/mol. The largest absolute Gasteiger partial charge is 0.465 e. The molecule has 0 aromatic rings. The van der Waals surface area contributed by atoms with Crippen molar-refractivity contribution >= 4 is 17.9 Å². The normalized spacial score (nSPS) is 17.5. The smallest absolute Gasteiger partial charge is 0.329 e. The number of nitrogens with one attached hydrogen (secondary N) is 1. The number of carbonyl (C=O) groups is 3. The number of rotatable bonds is 5. The third-order valence-electron chi connectivity index (χ3n) is 2.07. The summed E-state index contributed by atoms with van der Waals surface area (Å²) in [6, 6.07) is -0.619. The van der Waals surface area contributed by atoms with E-state index in [-0.39, 0.29) is 18.8 Å². The molecule has 0 atom stereocenters. The van der Waals surface area contributed by atoms with Gasteiger partial charge in [0.05, 0.1) is 6.61 Å². The van der Waals surface area contributed by atoms with Crippen LogP contribution in [-0.2, 0) is 14.3 Å². The van der Waals surface area contributed by atoms with Crippen LogP contribution in [-0.4, -0.2) is 42.5 Å². The van der Waals surface area contributed by atoms with Crippen LogP contribution in [0, 0.1) is 0 Å². The summed E-state index contributed by atoms with van der Waals surface area (Å²) in [5, 5.41) is 2.37. The van der Waals surface area contributed by atoms with E-state index in [9.17, 15) is 14.4 Å². The molecule has 0 radical (unpaired) electrons. The van der Waals surface area contributed by atoms with Crippen molar-refractivity contribution in [2.75, 3.05) is 19.7 Å². The highest BCUT2D eigenvalue weighted by atomic mass is 16.5. The minimum absolute atomic E-state index is 0.157. The zero-order valence-electron chi connectivity index (χ0n) is 9.56. The molecular weight excluding hydrogens is 226 g/mol. The molecule has 17 heavy (non-hydrogen) atoms. The van der Waals surface area contributed by atoms with Gasteiger partial charge in [0.25, 0.3) is 5.91 Å². The Hall–Kier alpha value is -1.89. The fourth-order valence-corrected chi connectivity index (χ4v) is 1.32. The molecule has 1 aliphatic rings. The maximum atomic E-state index is 11.7. The molecule has 94 valence electrons. The molecule has 7 heteroatoms. The van der Waals surface area contributed by atoms with Gasteiger partial charge in [0.2, 0.25) is 0 Å². The number of hydrogen-bond donors (Lipinski definition) is 2. The first-order valence-corrected chi connectivity index (χ1v) is 5.28. The lowest BCUT2D eigenvalue weighted by Gasteiger charge is -2.10. The van der Waals surface area contributed by atoms with Gasteiger partial charge in [0.15, 0.2) is 0 Å². The number of imide groups is 1. The van der Waals surface area contributed by atoms with Gasteiger partial charge in [-0.05, 0) is 19.9 Å². The van der Waals surface area contributed by atoms with E-state index >= 15 is 0 Å². The second-order valence-electron chi connectivity index (χ2n) is 3.32. The molecule has 3 amide bonds. The van der Waals surface area contributed by atoms with Crippen LogP contribution >= 0.6 is 0 Å². The Balaban J connectivity index is 2.66. The molecule has 0 saturated carbocycles. The lowest BCUT2D eigenvalue weighted by Crippen LogP contribution is -2.36. The molecule has 7 nitrogen and oxygen atoms in total. The molecule has 0 aromatic heterocycles. The first kappa shape index (κ1) is 13.2. The molecule has 1 heterocycles. The van der Waals surface area contributed by atoms with Crippen LogP contribution in [0.1, 0.15) is 13.3 Å². The van der Waals surface area contributed by atoms with Crippen LogP contribution in [0.2, 0.25) is 0 Å². The Labute approximate surface area is 98.6 Å². The number of hydrogen-bond acceptors (Lipinski definition) is 5. The summed E-state index contributed by atoms with van der Waals surface area (Å²) in [5.74, 6) is -1.15. The molecule has 0 aliphatic carbocycles. The Bertz CT molecular complexity index is 365. The van der Waals surface area contributed by atoms with Crippen LogP contribution in [0.4, 0.5) is 4.79 Å². The second-order valence-corrected chi connectivity index (χ2v) is 3.32. The van der Waals surface area contributed by atoms with Crippen molar-refractivity contribution in [1.29, 1.82) is 0 Å². The van der Waals surface area contributed by atoms with E-state index < -0.39 is 17.9 Å². The quantitative estimate of drug-likeness (QED) is 0.378. The number of amides is 3. The zero-order chi connectivity index (χ0) is 12.8. The van der Waals surface area contributed by atoms with Crippen molar-refractivity contribution in [3.63, 3.8) is 0 Å². The first-order valence-electron chi connectivity index (χ1n) is 5.28. The summed E-state index contributed by atoms with van der Waals surface area (Å²) in [5.41, 5.74) is 5.44. The molecule has 1 rings (SSSR count). The van der Waals surface area contributed by atoms with Gasteiger partial charge >= 0.3 is 12.0 Å². The molecule has 0 spiro atoms. The highest BCUT2D eigenvalue weighted by Crippen LogP contribution is 2.09. The van der Waals surface area contributed by atoms with Crippen molar-refractivity contribution in [3.8, 4) is 0 Å². The first-order chi connectivity index (χ1) is 8.10. The standard InChI is InChI=1S/C10H15N3O4/c1-2-17-8(14)6-13-9(15)7(4-3-5-11)12-10(13)16/h4H,2-3,5-6,11H2,1H3,(H,12,16).